The average Bonchev–Trinajstić information content (AvgIpc) is 3.53. The van der Waals surface area contributed by atoms with Gasteiger partial charge >= 0.3 is 0 Å². The zero-order valence-corrected chi connectivity index (χ0v) is 16.0. The summed E-state index contributed by atoms with van der Waals surface area (Å²) in [5.41, 5.74) is 5.25. The SMILES string of the molecule is CN(CCCC(C#N)(c1ccc(F)cc1)C1CC1)NCCc1ccccc1. The Labute approximate surface area is 161 Å². The largest absolute Gasteiger partial charge is 0.255 e. The Morgan fingerprint density at radius 1 is 1.15 bits per heavy atom. The van der Waals surface area contributed by atoms with E-state index in [-0.39, 0.29) is 5.82 Å². The van der Waals surface area contributed by atoms with E-state index < -0.39 is 5.41 Å². The van der Waals surface area contributed by atoms with Crippen LogP contribution in [0.5, 0.6) is 0 Å². The van der Waals surface area contributed by atoms with Crippen molar-refractivity contribution < 1.29 is 4.39 Å². The fourth-order valence-corrected chi connectivity index (χ4v) is 3.83. The van der Waals surface area contributed by atoms with Gasteiger partial charge in [-0.25, -0.2) is 9.40 Å². The van der Waals surface area contributed by atoms with Crippen LogP contribution >= 0.6 is 0 Å². The van der Waals surface area contributed by atoms with Crippen molar-refractivity contribution >= 4 is 0 Å². The molecule has 2 aromatic rings. The summed E-state index contributed by atoms with van der Waals surface area (Å²) in [6.45, 7) is 1.77. The second-order valence-electron chi connectivity index (χ2n) is 7.53. The minimum atomic E-state index is -0.474. The fourth-order valence-electron chi connectivity index (χ4n) is 3.83. The summed E-state index contributed by atoms with van der Waals surface area (Å²) in [4.78, 5) is 0. The van der Waals surface area contributed by atoms with Crippen molar-refractivity contribution in [1.29, 1.82) is 5.26 Å². The normalized spacial score (nSPS) is 16.1. The third kappa shape index (κ3) is 5.15. The molecule has 0 bridgehead atoms. The van der Waals surface area contributed by atoms with E-state index in [0.717, 1.165) is 50.8 Å². The van der Waals surface area contributed by atoms with Crippen LogP contribution in [0.4, 0.5) is 4.39 Å². The first-order chi connectivity index (χ1) is 13.1. The molecule has 1 saturated carbocycles. The number of halogens is 1. The number of hydrogen-bond acceptors (Lipinski definition) is 3. The van der Waals surface area contributed by atoms with Gasteiger partial charge in [0.2, 0.25) is 0 Å². The summed E-state index contributed by atoms with van der Waals surface area (Å²) < 4.78 is 13.3. The molecule has 0 aromatic heterocycles. The van der Waals surface area contributed by atoms with E-state index in [9.17, 15) is 9.65 Å². The minimum absolute atomic E-state index is 0.247. The highest BCUT2D eigenvalue weighted by Gasteiger charge is 2.46. The van der Waals surface area contributed by atoms with E-state index in [1.807, 2.05) is 13.1 Å². The van der Waals surface area contributed by atoms with Gasteiger partial charge < -0.3 is 0 Å². The van der Waals surface area contributed by atoms with E-state index in [1.165, 1.54) is 17.7 Å². The van der Waals surface area contributed by atoms with Crippen molar-refractivity contribution in [3.05, 3.63) is 71.5 Å². The molecular formula is C23H28FN3. The molecule has 1 aliphatic rings. The highest BCUT2D eigenvalue weighted by atomic mass is 19.1. The molecule has 4 heteroatoms. The molecule has 142 valence electrons. The topological polar surface area (TPSA) is 39.1 Å². The van der Waals surface area contributed by atoms with Crippen molar-refractivity contribution in [2.45, 2.75) is 37.5 Å². The Morgan fingerprint density at radius 3 is 2.48 bits per heavy atom. The van der Waals surface area contributed by atoms with Gasteiger partial charge in [0.1, 0.15) is 5.82 Å². The average molecular weight is 365 g/mol. The molecule has 1 fully saturated rings. The van der Waals surface area contributed by atoms with Gasteiger partial charge in [-0.1, -0.05) is 42.5 Å². The Kier molecular flexibility index (Phi) is 6.60. The number of nitrogens with zero attached hydrogens (tertiary/aromatic N) is 2. The molecule has 0 heterocycles. The van der Waals surface area contributed by atoms with Gasteiger partial charge in [-0.3, -0.25) is 5.43 Å². The lowest BCUT2D eigenvalue weighted by Crippen LogP contribution is -2.37. The van der Waals surface area contributed by atoms with E-state index in [1.54, 1.807) is 12.1 Å². The fraction of sp³-hybridized carbons (Fsp3) is 0.435. The Balaban J connectivity index is 1.49. The maximum Gasteiger partial charge on any atom is 0.123 e. The van der Waals surface area contributed by atoms with Gasteiger partial charge in [-0.15, -0.1) is 0 Å². The molecule has 27 heavy (non-hydrogen) atoms. The Morgan fingerprint density at radius 2 is 1.85 bits per heavy atom. The molecule has 3 rings (SSSR count). The van der Waals surface area contributed by atoms with Crippen LogP contribution in [0.15, 0.2) is 54.6 Å². The van der Waals surface area contributed by atoms with Gasteiger partial charge in [0, 0.05) is 20.1 Å². The van der Waals surface area contributed by atoms with Crippen molar-refractivity contribution in [2.75, 3.05) is 20.1 Å². The second-order valence-corrected chi connectivity index (χ2v) is 7.53. The number of benzene rings is 2. The third-order valence-electron chi connectivity index (χ3n) is 5.54. The minimum Gasteiger partial charge on any atom is -0.255 e. The third-order valence-corrected chi connectivity index (χ3v) is 5.54. The quantitative estimate of drug-likeness (QED) is 0.632. The summed E-state index contributed by atoms with van der Waals surface area (Å²) in [5.74, 6) is 0.160. The van der Waals surface area contributed by atoms with Gasteiger partial charge in [0.05, 0.1) is 11.5 Å². The molecule has 3 nitrogen and oxygen atoms in total. The molecule has 0 amide bonds. The maximum absolute atomic E-state index is 13.3. The second kappa shape index (κ2) is 9.12. The molecule has 2 aromatic carbocycles. The first-order valence-electron chi connectivity index (χ1n) is 9.80. The summed E-state index contributed by atoms with van der Waals surface area (Å²) >= 11 is 0. The first-order valence-corrected chi connectivity index (χ1v) is 9.80. The van der Waals surface area contributed by atoms with E-state index in [2.05, 4.69) is 40.8 Å². The van der Waals surface area contributed by atoms with Crippen molar-refractivity contribution in [3.8, 4) is 6.07 Å². The number of rotatable bonds is 10. The van der Waals surface area contributed by atoms with Gasteiger partial charge in [0.25, 0.3) is 0 Å². The number of nitriles is 1. The monoisotopic (exact) mass is 365 g/mol. The van der Waals surface area contributed by atoms with Crippen LogP contribution in [-0.2, 0) is 11.8 Å². The van der Waals surface area contributed by atoms with Gasteiger partial charge in [-0.05, 0) is 61.3 Å². The highest BCUT2D eigenvalue weighted by Crippen LogP contribution is 2.49. The lowest BCUT2D eigenvalue weighted by atomic mass is 9.74. The van der Waals surface area contributed by atoms with Crippen LogP contribution in [0.3, 0.4) is 0 Å². The van der Waals surface area contributed by atoms with Crippen molar-refractivity contribution in [1.82, 2.24) is 10.4 Å². The Bertz CT molecular complexity index is 749. The summed E-state index contributed by atoms with van der Waals surface area (Å²) in [7, 11) is 2.05. The van der Waals surface area contributed by atoms with Gasteiger partial charge in [0.15, 0.2) is 0 Å². The number of hydrazine groups is 1. The van der Waals surface area contributed by atoms with Crippen molar-refractivity contribution in [2.24, 2.45) is 5.92 Å². The van der Waals surface area contributed by atoms with Crippen LogP contribution in [0.25, 0.3) is 0 Å². The first kappa shape index (κ1) is 19.5. The summed E-state index contributed by atoms with van der Waals surface area (Å²) in [5, 5.41) is 12.1. The number of hydrogen-bond donors (Lipinski definition) is 1. The highest BCUT2D eigenvalue weighted by molar-refractivity contribution is 5.35. The zero-order chi connectivity index (χ0) is 19.1. The summed E-state index contributed by atoms with van der Waals surface area (Å²) in [6.07, 6.45) is 4.91. The Hall–Kier alpha value is -2.22. The van der Waals surface area contributed by atoms with Crippen LogP contribution in [0.2, 0.25) is 0 Å². The van der Waals surface area contributed by atoms with E-state index in [0.29, 0.717) is 5.92 Å². The molecule has 0 aliphatic heterocycles. The van der Waals surface area contributed by atoms with Crippen LogP contribution in [-0.4, -0.2) is 25.1 Å². The van der Waals surface area contributed by atoms with Crippen molar-refractivity contribution in [3.63, 3.8) is 0 Å². The zero-order valence-electron chi connectivity index (χ0n) is 16.0. The van der Waals surface area contributed by atoms with E-state index >= 15 is 0 Å². The van der Waals surface area contributed by atoms with Crippen LogP contribution in [0.1, 0.15) is 36.8 Å². The molecule has 1 aliphatic carbocycles. The maximum atomic E-state index is 13.3. The molecule has 0 radical (unpaired) electrons. The lowest BCUT2D eigenvalue weighted by Gasteiger charge is -2.28. The predicted molar refractivity (Wildman–Crippen MR) is 106 cm³/mol. The lowest BCUT2D eigenvalue weighted by molar-refractivity contribution is 0.224. The van der Waals surface area contributed by atoms with Crippen LogP contribution in [0, 0.1) is 23.1 Å². The summed E-state index contributed by atoms with van der Waals surface area (Å²) in [6, 6.07) is 19.6. The molecule has 1 atom stereocenters. The molecular weight excluding hydrogens is 337 g/mol. The standard InChI is InChI=1S/C23H28FN3/c1-27(26-16-14-19-6-3-2-4-7-19)17-5-15-23(18-25,20-8-9-20)21-10-12-22(24)13-11-21/h2-4,6-7,10-13,20,26H,5,8-9,14-17H2,1H3. The van der Waals surface area contributed by atoms with Crippen LogP contribution < -0.4 is 5.43 Å². The molecule has 1 N–H and O–H groups in total. The van der Waals surface area contributed by atoms with Gasteiger partial charge in [-0.2, -0.15) is 5.26 Å². The predicted octanol–water partition coefficient (Wildman–Crippen LogP) is 4.46. The smallest absolute Gasteiger partial charge is 0.123 e. The molecule has 0 spiro atoms. The van der Waals surface area contributed by atoms with E-state index in [4.69, 9.17) is 0 Å². The molecule has 0 saturated heterocycles. The number of nitrogens with one attached hydrogen (secondary N) is 1. The molecule has 1 unspecified atom stereocenters.